The average molecular weight is 196 g/mol. The molecule has 0 heterocycles. The van der Waals surface area contributed by atoms with Gasteiger partial charge in [0.2, 0.25) is 0 Å². The molecule has 3 nitrogen and oxygen atoms in total. The van der Waals surface area contributed by atoms with Crippen molar-refractivity contribution in [3.63, 3.8) is 0 Å². The number of hydrogen-bond acceptors (Lipinski definition) is 3. The summed E-state index contributed by atoms with van der Waals surface area (Å²) in [7, 11) is 0. The maximum atomic E-state index is 11.5. The molecule has 0 aromatic heterocycles. The van der Waals surface area contributed by atoms with Crippen molar-refractivity contribution >= 4 is 12.3 Å². The summed E-state index contributed by atoms with van der Waals surface area (Å²) in [6, 6.07) is 0. The number of esters is 1. The molecule has 0 aromatic rings. The minimum atomic E-state index is -0.0961. The fourth-order valence-electron chi connectivity index (χ4n) is 2.90. The van der Waals surface area contributed by atoms with Gasteiger partial charge in [-0.15, -0.1) is 0 Å². The van der Waals surface area contributed by atoms with Gasteiger partial charge in [0.25, 0.3) is 0 Å². The monoisotopic (exact) mass is 196 g/mol. The Kier molecular flexibility index (Phi) is 2.33. The Morgan fingerprint density at radius 2 is 2.43 bits per heavy atom. The Balaban J connectivity index is 2.01. The Bertz CT molecular complexity index is 261. The first-order valence-electron chi connectivity index (χ1n) is 5.36. The molecule has 0 amide bonds. The van der Waals surface area contributed by atoms with Crippen molar-refractivity contribution in [1.29, 1.82) is 0 Å². The normalized spacial score (nSPS) is 39.8. The smallest absolute Gasteiger partial charge is 0.309 e. The van der Waals surface area contributed by atoms with Crippen molar-refractivity contribution < 1.29 is 14.3 Å². The van der Waals surface area contributed by atoms with Gasteiger partial charge in [0.15, 0.2) is 0 Å². The number of rotatable bonds is 3. The van der Waals surface area contributed by atoms with Crippen LogP contribution in [0, 0.1) is 17.3 Å². The minimum absolute atomic E-state index is 0.00794. The summed E-state index contributed by atoms with van der Waals surface area (Å²) in [4.78, 5) is 22.3. The highest BCUT2D eigenvalue weighted by Crippen LogP contribution is 2.65. The molecule has 3 heteroatoms. The molecule has 3 unspecified atom stereocenters. The predicted molar refractivity (Wildman–Crippen MR) is 50.6 cm³/mol. The predicted octanol–water partition coefficient (Wildman–Crippen LogP) is 1.55. The van der Waals surface area contributed by atoms with Gasteiger partial charge in [-0.3, -0.25) is 4.79 Å². The second-order valence-electron chi connectivity index (χ2n) is 4.38. The molecular formula is C11H16O3. The molecule has 2 saturated carbocycles. The molecule has 0 saturated heterocycles. The summed E-state index contributed by atoms with van der Waals surface area (Å²) < 4.78 is 4.99. The third-order valence-corrected chi connectivity index (χ3v) is 3.75. The van der Waals surface area contributed by atoms with E-state index in [1.165, 1.54) is 0 Å². The van der Waals surface area contributed by atoms with Crippen LogP contribution in [0.3, 0.4) is 0 Å². The van der Waals surface area contributed by atoms with E-state index in [4.69, 9.17) is 4.74 Å². The Morgan fingerprint density at radius 3 is 3.07 bits per heavy atom. The van der Waals surface area contributed by atoms with E-state index in [-0.39, 0.29) is 23.2 Å². The molecule has 0 aromatic carbocycles. The molecule has 3 atom stereocenters. The molecule has 0 radical (unpaired) electrons. The maximum Gasteiger partial charge on any atom is 0.309 e. The second kappa shape index (κ2) is 3.37. The molecule has 0 N–H and O–H groups in total. The summed E-state index contributed by atoms with van der Waals surface area (Å²) in [6.07, 6.45) is 4.97. The van der Waals surface area contributed by atoms with Crippen molar-refractivity contribution in [3.05, 3.63) is 0 Å². The van der Waals surface area contributed by atoms with Crippen LogP contribution >= 0.6 is 0 Å². The molecule has 0 bridgehead atoms. The van der Waals surface area contributed by atoms with Crippen molar-refractivity contribution in [2.24, 2.45) is 17.3 Å². The van der Waals surface area contributed by atoms with E-state index < -0.39 is 0 Å². The van der Waals surface area contributed by atoms with Crippen molar-refractivity contribution in [1.82, 2.24) is 0 Å². The van der Waals surface area contributed by atoms with Gasteiger partial charge in [0.1, 0.15) is 6.29 Å². The first kappa shape index (κ1) is 9.69. The van der Waals surface area contributed by atoms with Gasteiger partial charge < -0.3 is 9.53 Å². The molecule has 2 rings (SSSR count). The molecule has 2 aliphatic rings. The van der Waals surface area contributed by atoms with Gasteiger partial charge in [-0.1, -0.05) is 6.42 Å². The Labute approximate surface area is 83.8 Å². The standard InChI is InChI=1S/C11H16O3/c1-2-14-10(13)9-6-11(9)5-3-4-8(11)7-12/h7-9H,2-6H2,1H3. The number of hydrogen-bond donors (Lipinski definition) is 0. The van der Waals surface area contributed by atoms with E-state index in [0.717, 1.165) is 32.0 Å². The Morgan fingerprint density at radius 1 is 1.64 bits per heavy atom. The fraction of sp³-hybridized carbons (Fsp3) is 0.818. The largest absolute Gasteiger partial charge is 0.466 e. The zero-order valence-electron chi connectivity index (χ0n) is 8.49. The SMILES string of the molecule is CCOC(=O)C1CC12CCCC2C=O. The molecule has 1 spiro atoms. The van der Waals surface area contributed by atoms with Crippen molar-refractivity contribution in [2.45, 2.75) is 32.6 Å². The van der Waals surface area contributed by atoms with E-state index >= 15 is 0 Å². The van der Waals surface area contributed by atoms with Crippen LogP contribution in [0.4, 0.5) is 0 Å². The minimum Gasteiger partial charge on any atom is -0.466 e. The van der Waals surface area contributed by atoms with Gasteiger partial charge in [0, 0.05) is 5.92 Å². The second-order valence-corrected chi connectivity index (χ2v) is 4.38. The number of carbonyl (C=O) groups excluding carboxylic acids is 2. The third kappa shape index (κ3) is 1.26. The van der Waals surface area contributed by atoms with Crippen LogP contribution < -0.4 is 0 Å². The lowest BCUT2D eigenvalue weighted by Gasteiger charge is -2.13. The van der Waals surface area contributed by atoms with E-state index in [2.05, 4.69) is 0 Å². The quantitative estimate of drug-likeness (QED) is 0.508. The highest BCUT2D eigenvalue weighted by molar-refractivity contribution is 5.78. The molecule has 0 aliphatic heterocycles. The van der Waals surface area contributed by atoms with Crippen LogP contribution in [-0.4, -0.2) is 18.9 Å². The van der Waals surface area contributed by atoms with Crippen LogP contribution in [0.25, 0.3) is 0 Å². The zero-order chi connectivity index (χ0) is 10.2. The van der Waals surface area contributed by atoms with Gasteiger partial charge >= 0.3 is 5.97 Å². The average Bonchev–Trinajstić information content (AvgIpc) is 2.72. The van der Waals surface area contributed by atoms with E-state index in [1.54, 1.807) is 0 Å². The van der Waals surface area contributed by atoms with Crippen LogP contribution in [0.5, 0.6) is 0 Å². The first-order chi connectivity index (χ1) is 6.74. The number of aldehydes is 1. The topological polar surface area (TPSA) is 43.4 Å². The fourth-order valence-corrected chi connectivity index (χ4v) is 2.90. The van der Waals surface area contributed by atoms with Gasteiger partial charge in [-0.05, 0) is 31.6 Å². The lowest BCUT2D eigenvalue weighted by atomic mass is 9.91. The van der Waals surface area contributed by atoms with E-state index in [9.17, 15) is 9.59 Å². The summed E-state index contributed by atoms with van der Waals surface area (Å²) in [5.41, 5.74) is 0.00794. The van der Waals surface area contributed by atoms with Crippen LogP contribution in [0.2, 0.25) is 0 Å². The molecular weight excluding hydrogens is 180 g/mol. The van der Waals surface area contributed by atoms with Crippen LogP contribution in [0.1, 0.15) is 32.6 Å². The van der Waals surface area contributed by atoms with Crippen molar-refractivity contribution in [3.8, 4) is 0 Å². The van der Waals surface area contributed by atoms with Gasteiger partial charge in [-0.2, -0.15) is 0 Å². The highest BCUT2D eigenvalue weighted by atomic mass is 16.5. The van der Waals surface area contributed by atoms with Gasteiger partial charge in [-0.25, -0.2) is 0 Å². The zero-order valence-corrected chi connectivity index (χ0v) is 8.49. The summed E-state index contributed by atoms with van der Waals surface area (Å²) in [5, 5.41) is 0. The first-order valence-corrected chi connectivity index (χ1v) is 5.36. The summed E-state index contributed by atoms with van der Waals surface area (Å²) in [5.74, 6) is 0.0262. The van der Waals surface area contributed by atoms with Gasteiger partial charge in [0.05, 0.1) is 12.5 Å². The lowest BCUT2D eigenvalue weighted by Crippen LogP contribution is -2.18. The third-order valence-electron chi connectivity index (χ3n) is 3.75. The van der Waals surface area contributed by atoms with E-state index in [1.807, 2.05) is 6.92 Å². The number of ether oxygens (including phenoxy) is 1. The molecule has 2 aliphatic carbocycles. The number of carbonyl (C=O) groups is 2. The molecule has 78 valence electrons. The summed E-state index contributed by atoms with van der Waals surface area (Å²) >= 11 is 0. The molecule has 14 heavy (non-hydrogen) atoms. The molecule has 2 fully saturated rings. The highest BCUT2D eigenvalue weighted by Gasteiger charge is 2.64. The Hall–Kier alpha value is -0.860. The summed E-state index contributed by atoms with van der Waals surface area (Å²) in [6.45, 7) is 2.26. The van der Waals surface area contributed by atoms with Crippen LogP contribution in [-0.2, 0) is 14.3 Å². The van der Waals surface area contributed by atoms with Crippen LogP contribution in [0.15, 0.2) is 0 Å². The van der Waals surface area contributed by atoms with Crippen molar-refractivity contribution in [2.75, 3.05) is 6.61 Å². The van der Waals surface area contributed by atoms with E-state index in [0.29, 0.717) is 6.61 Å². The maximum absolute atomic E-state index is 11.5. The lowest BCUT2D eigenvalue weighted by molar-refractivity contribution is -0.145.